The van der Waals surface area contributed by atoms with E-state index < -0.39 is 19.4 Å². The summed E-state index contributed by atoms with van der Waals surface area (Å²) in [6.07, 6.45) is 1.48. The zero-order valence-corrected chi connectivity index (χ0v) is 14.7. The van der Waals surface area contributed by atoms with Crippen molar-refractivity contribution in [3.63, 3.8) is 0 Å². The SMILES string of the molecule is COC(=O)C1=CC(c2ccccc2)=NP(OC)(OC)=C1C(=O)OC. The van der Waals surface area contributed by atoms with Crippen LogP contribution in [0.25, 0.3) is 0 Å². The highest BCUT2D eigenvalue weighted by atomic mass is 31.2. The molecule has 0 spiro atoms. The zero-order chi connectivity index (χ0) is 17.7. The number of carbonyl (C=O) groups excluding carboxylic acids is 2. The fourth-order valence-corrected chi connectivity index (χ4v) is 4.27. The predicted molar refractivity (Wildman–Crippen MR) is 91.0 cm³/mol. The molecule has 0 atom stereocenters. The molecule has 1 aromatic carbocycles. The van der Waals surface area contributed by atoms with Crippen molar-refractivity contribution in [2.75, 3.05) is 28.4 Å². The van der Waals surface area contributed by atoms with Crippen molar-refractivity contribution in [3.8, 4) is 0 Å². The zero-order valence-electron chi connectivity index (χ0n) is 13.8. The smallest absolute Gasteiger partial charge is 0.345 e. The molecule has 0 saturated heterocycles. The standard InChI is InChI=1S/C16H18NO6P/c1-20-15(18)12-10-13(11-8-6-5-7-9-11)17-24(22-3,23-4)14(12)16(19)21-2/h5-10H,1-4H3. The minimum atomic E-state index is -3.22. The van der Waals surface area contributed by atoms with E-state index >= 15 is 0 Å². The van der Waals surface area contributed by atoms with Crippen molar-refractivity contribution in [3.05, 3.63) is 47.5 Å². The van der Waals surface area contributed by atoms with Gasteiger partial charge in [-0.05, 0) is 6.08 Å². The second-order valence-electron chi connectivity index (χ2n) is 4.63. The van der Waals surface area contributed by atoms with Crippen LogP contribution in [0.15, 0.2) is 46.7 Å². The Bertz CT molecular complexity index is 758. The van der Waals surface area contributed by atoms with Crippen LogP contribution in [-0.2, 0) is 28.1 Å². The molecule has 0 radical (unpaired) electrons. The number of benzene rings is 1. The van der Waals surface area contributed by atoms with E-state index in [2.05, 4.69) is 4.76 Å². The molecule has 2 rings (SSSR count). The second-order valence-corrected chi connectivity index (χ2v) is 7.04. The van der Waals surface area contributed by atoms with Gasteiger partial charge < -0.3 is 18.5 Å². The van der Waals surface area contributed by atoms with Gasteiger partial charge in [-0.3, -0.25) is 0 Å². The van der Waals surface area contributed by atoms with Crippen LogP contribution < -0.4 is 0 Å². The summed E-state index contributed by atoms with van der Waals surface area (Å²) < 4.78 is 25.0. The van der Waals surface area contributed by atoms with Crippen LogP contribution in [0, 0.1) is 0 Å². The molecule has 0 aliphatic carbocycles. The van der Waals surface area contributed by atoms with Gasteiger partial charge in [-0.1, -0.05) is 30.3 Å². The molecular weight excluding hydrogens is 333 g/mol. The van der Waals surface area contributed by atoms with Crippen molar-refractivity contribution < 1.29 is 28.1 Å². The molecule has 1 aromatic rings. The molecule has 7 nitrogen and oxygen atoms in total. The Morgan fingerprint density at radius 1 is 0.917 bits per heavy atom. The van der Waals surface area contributed by atoms with Crippen LogP contribution in [0.2, 0.25) is 0 Å². The molecule has 1 aliphatic rings. The van der Waals surface area contributed by atoms with Crippen molar-refractivity contribution >= 4 is 30.4 Å². The molecule has 1 heterocycles. The molecule has 0 N–H and O–H groups in total. The van der Waals surface area contributed by atoms with E-state index in [0.717, 1.165) is 5.56 Å². The molecule has 0 unspecified atom stereocenters. The summed E-state index contributed by atoms with van der Waals surface area (Å²) in [5, 5.41) is -0.0680. The third kappa shape index (κ3) is 3.19. The predicted octanol–water partition coefficient (Wildman–Crippen LogP) is 1.99. The largest absolute Gasteiger partial charge is 0.465 e. The second kappa shape index (κ2) is 7.57. The summed E-state index contributed by atoms with van der Waals surface area (Å²) in [6.45, 7) is 0. The Kier molecular flexibility index (Phi) is 5.72. The highest BCUT2D eigenvalue weighted by Gasteiger charge is 2.38. The number of esters is 2. The maximum absolute atomic E-state index is 12.3. The molecule has 0 fully saturated rings. The fourth-order valence-electron chi connectivity index (χ4n) is 2.25. The molecule has 128 valence electrons. The summed E-state index contributed by atoms with van der Waals surface area (Å²) in [7, 11) is 1.95. The van der Waals surface area contributed by atoms with Crippen LogP contribution in [0.3, 0.4) is 0 Å². The molecule has 0 bridgehead atoms. The van der Waals surface area contributed by atoms with Crippen molar-refractivity contribution in [2.45, 2.75) is 0 Å². The van der Waals surface area contributed by atoms with Crippen LogP contribution in [0.5, 0.6) is 0 Å². The van der Waals surface area contributed by atoms with E-state index in [9.17, 15) is 9.59 Å². The van der Waals surface area contributed by atoms with E-state index in [0.29, 0.717) is 5.71 Å². The van der Waals surface area contributed by atoms with E-state index in [-0.39, 0.29) is 10.9 Å². The Labute approximate surface area is 140 Å². The number of carbonyl (C=O) groups is 2. The highest BCUT2D eigenvalue weighted by Crippen LogP contribution is 2.55. The minimum Gasteiger partial charge on any atom is -0.465 e. The summed E-state index contributed by atoms with van der Waals surface area (Å²) in [6, 6.07) is 9.19. The lowest BCUT2D eigenvalue weighted by Crippen LogP contribution is -2.29. The van der Waals surface area contributed by atoms with Gasteiger partial charge >= 0.3 is 11.9 Å². The molecule has 0 amide bonds. The van der Waals surface area contributed by atoms with E-state index in [1.165, 1.54) is 34.5 Å². The lowest BCUT2D eigenvalue weighted by Gasteiger charge is -2.26. The molecule has 24 heavy (non-hydrogen) atoms. The first-order chi connectivity index (χ1) is 11.5. The first-order valence-corrected chi connectivity index (χ1v) is 8.53. The number of allylic oxidation sites excluding steroid dienone is 1. The maximum atomic E-state index is 12.3. The van der Waals surface area contributed by atoms with Crippen molar-refractivity contribution in [1.29, 1.82) is 0 Å². The lowest BCUT2D eigenvalue weighted by molar-refractivity contribution is -0.137. The average Bonchev–Trinajstić information content (AvgIpc) is 2.66. The van der Waals surface area contributed by atoms with E-state index in [4.69, 9.17) is 18.5 Å². The van der Waals surface area contributed by atoms with Gasteiger partial charge in [0.1, 0.15) is 5.29 Å². The Hall–Kier alpha value is -2.21. The fraction of sp³-hybridized carbons (Fsp3) is 0.250. The van der Waals surface area contributed by atoms with Gasteiger partial charge in [0, 0.05) is 19.8 Å². The summed E-state index contributed by atoms with van der Waals surface area (Å²) in [5.41, 5.74) is 1.22. The highest BCUT2D eigenvalue weighted by molar-refractivity contribution is 7.69. The molecule has 1 aliphatic heterocycles. The molecule has 0 aromatic heterocycles. The monoisotopic (exact) mass is 351 g/mol. The van der Waals surface area contributed by atoms with Gasteiger partial charge in [-0.25, -0.2) is 14.4 Å². The maximum Gasteiger partial charge on any atom is 0.345 e. The van der Waals surface area contributed by atoms with Gasteiger partial charge in [0.25, 0.3) is 7.49 Å². The summed E-state index contributed by atoms with van der Waals surface area (Å²) in [5.74, 6) is -1.45. The Morgan fingerprint density at radius 3 is 2.00 bits per heavy atom. The van der Waals surface area contributed by atoms with E-state index in [1.54, 1.807) is 0 Å². The number of hydrogen-bond acceptors (Lipinski definition) is 7. The van der Waals surface area contributed by atoms with E-state index in [1.807, 2.05) is 30.3 Å². The Morgan fingerprint density at radius 2 is 1.50 bits per heavy atom. The first-order valence-electron chi connectivity index (χ1n) is 6.95. The summed E-state index contributed by atoms with van der Waals surface area (Å²) in [4.78, 5) is 24.5. The lowest BCUT2D eigenvalue weighted by atomic mass is 10.1. The van der Waals surface area contributed by atoms with Gasteiger partial charge in [0.2, 0.25) is 0 Å². The van der Waals surface area contributed by atoms with Gasteiger partial charge in [0.15, 0.2) is 0 Å². The van der Waals surface area contributed by atoms with Crippen LogP contribution in [0.1, 0.15) is 5.56 Å². The average molecular weight is 351 g/mol. The van der Waals surface area contributed by atoms with Gasteiger partial charge in [-0.2, -0.15) is 0 Å². The molecule has 0 saturated carbocycles. The van der Waals surface area contributed by atoms with Gasteiger partial charge in [0.05, 0.1) is 25.5 Å². The van der Waals surface area contributed by atoms with Crippen LogP contribution in [0.4, 0.5) is 0 Å². The van der Waals surface area contributed by atoms with Gasteiger partial charge in [-0.15, -0.1) is 0 Å². The van der Waals surface area contributed by atoms with Crippen molar-refractivity contribution in [2.24, 2.45) is 4.76 Å². The first kappa shape index (κ1) is 18.1. The molecular formula is C16H18NO6P. The number of nitrogens with zero attached hydrogens (tertiary/aromatic N) is 1. The number of hydrogen-bond donors (Lipinski definition) is 0. The third-order valence-corrected chi connectivity index (χ3v) is 5.86. The minimum absolute atomic E-state index is 0.00948. The normalized spacial score (nSPS) is 16.1. The number of methoxy groups -OCH3 is 2. The number of rotatable bonds is 5. The van der Waals surface area contributed by atoms with Crippen LogP contribution >= 0.6 is 7.49 Å². The third-order valence-electron chi connectivity index (χ3n) is 3.41. The number of ether oxygens (including phenoxy) is 2. The quantitative estimate of drug-likeness (QED) is 0.596. The van der Waals surface area contributed by atoms with Crippen molar-refractivity contribution in [1.82, 2.24) is 0 Å². The molecule has 8 heteroatoms. The topological polar surface area (TPSA) is 83.4 Å². The summed E-state index contributed by atoms with van der Waals surface area (Å²) >= 11 is 0. The Balaban J connectivity index is 2.81. The van der Waals surface area contributed by atoms with Crippen LogP contribution in [-0.4, -0.2) is 51.4 Å².